The number of nitrogens with zero attached hydrogens (tertiary/aromatic N) is 5. The summed E-state index contributed by atoms with van der Waals surface area (Å²) < 4.78 is 6.78. The molecule has 0 radical (unpaired) electrons. The van der Waals surface area contributed by atoms with Crippen LogP contribution in [-0.2, 0) is 9.59 Å². The number of piperazine rings is 1. The van der Waals surface area contributed by atoms with Crippen LogP contribution in [0, 0.1) is 0 Å². The zero-order valence-electron chi connectivity index (χ0n) is 24.3. The van der Waals surface area contributed by atoms with Gasteiger partial charge in [-0.3, -0.25) is 29.4 Å². The van der Waals surface area contributed by atoms with E-state index in [4.69, 9.17) is 4.74 Å². The van der Waals surface area contributed by atoms with Crippen LogP contribution in [0.15, 0.2) is 35.4 Å². The molecule has 2 aromatic heterocycles. The molecule has 11 nitrogen and oxygen atoms in total. The van der Waals surface area contributed by atoms with Crippen molar-refractivity contribution in [3.8, 4) is 5.75 Å². The molecule has 3 heterocycles. The Labute approximate surface area is 236 Å². The first-order valence-electron chi connectivity index (χ1n) is 14.3. The molecule has 1 fully saturated rings. The third-order valence-corrected chi connectivity index (χ3v) is 6.65. The van der Waals surface area contributed by atoms with Crippen molar-refractivity contribution in [2.75, 3.05) is 44.2 Å². The van der Waals surface area contributed by atoms with E-state index in [1.807, 2.05) is 32.9 Å². The number of hydrogen-bond acceptors (Lipinski definition) is 9. The number of Topliss-reactive ketones (excluding diaryl/α,β-unsaturated/α-hetero) is 1. The van der Waals surface area contributed by atoms with Crippen LogP contribution in [0.2, 0.25) is 0 Å². The van der Waals surface area contributed by atoms with E-state index in [1.165, 1.54) is 12.3 Å². The smallest absolute Gasteiger partial charge is 0.271 e. The van der Waals surface area contributed by atoms with Crippen molar-refractivity contribution >= 4 is 23.9 Å². The fourth-order valence-electron chi connectivity index (χ4n) is 4.47. The van der Waals surface area contributed by atoms with E-state index in [1.54, 1.807) is 13.1 Å². The molecule has 0 aliphatic carbocycles. The minimum absolute atomic E-state index is 0.0302. The number of carbonyl (C=O) groups is 3. The number of unbranched alkanes of at least 4 members (excludes halogenated alkanes) is 3. The lowest BCUT2D eigenvalue weighted by atomic mass is 10.1. The van der Waals surface area contributed by atoms with Gasteiger partial charge in [-0.2, -0.15) is 5.10 Å². The third kappa shape index (κ3) is 10.2. The van der Waals surface area contributed by atoms with Crippen molar-refractivity contribution in [2.24, 2.45) is 0 Å². The average Bonchev–Trinajstić information content (AvgIpc) is 2.97. The summed E-state index contributed by atoms with van der Waals surface area (Å²) in [5, 5.41) is 6.19. The van der Waals surface area contributed by atoms with E-state index in [-0.39, 0.29) is 5.78 Å². The molecular weight excluding hydrogens is 512 g/mol. The Bertz CT molecular complexity index is 1110. The molecule has 0 aromatic carbocycles. The second-order valence-corrected chi connectivity index (χ2v) is 9.46. The van der Waals surface area contributed by atoms with Gasteiger partial charge >= 0.3 is 0 Å². The van der Waals surface area contributed by atoms with Gasteiger partial charge in [0, 0.05) is 44.0 Å². The van der Waals surface area contributed by atoms with Crippen LogP contribution in [0.1, 0.15) is 82.6 Å². The Hall–Kier alpha value is -3.60. The molecule has 0 bridgehead atoms. The van der Waals surface area contributed by atoms with Crippen LogP contribution in [0.4, 0.5) is 5.82 Å². The first-order chi connectivity index (χ1) is 19.4. The van der Waals surface area contributed by atoms with Gasteiger partial charge in [0.2, 0.25) is 6.41 Å². The quantitative estimate of drug-likeness (QED) is 0.200. The lowest BCUT2D eigenvalue weighted by molar-refractivity contribution is -0.128. The largest absolute Gasteiger partial charge is 0.492 e. The number of rotatable bonds is 15. The van der Waals surface area contributed by atoms with Gasteiger partial charge in [0.25, 0.3) is 11.5 Å². The number of pyridine rings is 1. The second-order valence-electron chi connectivity index (χ2n) is 9.46. The van der Waals surface area contributed by atoms with Crippen LogP contribution in [0.3, 0.4) is 0 Å². The van der Waals surface area contributed by atoms with Gasteiger partial charge in [-0.25, -0.2) is 9.67 Å². The predicted molar refractivity (Wildman–Crippen MR) is 155 cm³/mol. The average molecular weight is 557 g/mol. The zero-order valence-corrected chi connectivity index (χ0v) is 24.3. The predicted octanol–water partition coefficient (Wildman–Crippen LogP) is 3.24. The maximum absolute atomic E-state index is 12.5. The summed E-state index contributed by atoms with van der Waals surface area (Å²) in [5.74, 6) is 0.777. The van der Waals surface area contributed by atoms with E-state index >= 15 is 0 Å². The summed E-state index contributed by atoms with van der Waals surface area (Å²) in [6.45, 7) is 12.8. The molecule has 40 heavy (non-hydrogen) atoms. The maximum atomic E-state index is 12.5. The molecule has 1 N–H and O–H groups in total. The molecule has 11 heteroatoms. The van der Waals surface area contributed by atoms with Crippen LogP contribution in [0.5, 0.6) is 5.75 Å². The minimum Gasteiger partial charge on any atom is -0.492 e. The Morgan fingerprint density at radius 3 is 2.40 bits per heavy atom. The minimum atomic E-state index is -0.828. The second kappa shape index (κ2) is 17.9. The first-order valence-corrected chi connectivity index (χ1v) is 14.3. The molecule has 220 valence electrons. The number of nitrogens with one attached hydrogen (secondary N) is 1. The number of hydrogen-bond donors (Lipinski definition) is 1. The number of carbonyl (C=O) groups excluding carboxylic acids is 3. The Morgan fingerprint density at radius 1 is 1.07 bits per heavy atom. The fraction of sp³-hybridized carbons (Fsp3) is 0.586. The number of ether oxygens (including phenoxy) is 1. The van der Waals surface area contributed by atoms with E-state index in [0.717, 1.165) is 68.9 Å². The number of anilines is 1. The van der Waals surface area contributed by atoms with E-state index < -0.39 is 17.5 Å². The van der Waals surface area contributed by atoms with Crippen molar-refractivity contribution in [3.05, 3.63) is 46.5 Å². The number of aromatic nitrogens is 3. The molecule has 3 rings (SSSR count). The zero-order chi connectivity index (χ0) is 29.3. The van der Waals surface area contributed by atoms with Crippen LogP contribution in [0.25, 0.3) is 0 Å². The van der Waals surface area contributed by atoms with Crippen molar-refractivity contribution in [3.63, 3.8) is 0 Å². The normalized spacial score (nSPS) is 14.1. The van der Waals surface area contributed by atoms with Crippen molar-refractivity contribution < 1.29 is 19.1 Å². The van der Waals surface area contributed by atoms with Crippen molar-refractivity contribution in [2.45, 2.75) is 72.3 Å². The number of imide groups is 1. The summed E-state index contributed by atoms with van der Waals surface area (Å²) in [6.07, 6.45) is 8.57. The van der Waals surface area contributed by atoms with Gasteiger partial charge in [-0.05, 0) is 44.9 Å². The molecule has 0 spiro atoms. The lowest BCUT2D eigenvalue weighted by Gasteiger charge is -2.35. The molecule has 1 aliphatic rings. The highest BCUT2D eigenvalue weighted by Gasteiger charge is 2.22. The molecule has 1 saturated heterocycles. The van der Waals surface area contributed by atoms with Crippen LogP contribution >= 0.6 is 0 Å². The molecular formula is C29H44N6O5. The lowest BCUT2D eigenvalue weighted by Crippen LogP contribution is -2.46. The first kappa shape index (κ1) is 32.6. The van der Waals surface area contributed by atoms with Crippen molar-refractivity contribution in [1.29, 1.82) is 0 Å². The fourth-order valence-corrected chi connectivity index (χ4v) is 4.47. The summed E-state index contributed by atoms with van der Waals surface area (Å²) in [4.78, 5) is 55.7. The molecule has 0 saturated carbocycles. The van der Waals surface area contributed by atoms with Gasteiger partial charge in [0.1, 0.15) is 17.6 Å². The Balaban J connectivity index is 0.00000274. The highest BCUT2D eigenvalue weighted by Crippen LogP contribution is 2.16. The molecule has 1 unspecified atom stereocenters. The highest BCUT2D eigenvalue weighted by atomic mass is 16.5. The van der Waals surface area contributed by atoms with Gasteiger partial charge in [0.05, 0.1) is 12.8 Å². The third-order valence-electron chi connectivity index (χ3n) is 6.65. The monoisotopic (exact) mass is 556 g/mol. The van der Waals surface area contributed by atoms with E-state index in [2.05, 4.69) is 25.2 Å². The van der Waals surface area contributed by atoms with Crippen LogP contribution < -0.4 is 20.5 Å². The molecule has 2 aromatic rings. The topological polar surface area (TPSA) is 127 Å². The summed E-state index contributed by atoms with van der Waals surface area (Å²) >= 11 is 0. The molecule has 1 aliphatic heterocycles. The highest BCUT2D eigenvalue weighted by molar-refractivity contribution is 5.93. The molecule has 2 amide bonds. The van der Waals surface area contributed by atoms with Gasteiger partial charge in [0.15, 0.2) is 5.78 Å². The Kier molecular flexibility index (Phi) is 14.6. The van der Waals surface area contributed by atoms with Crippen LogP contribution in [-0.4, -0.2) is 77.1 Å². The van der Waals surface area contributed by atoms with Gasteiger partial charge in [-0.15, -0.1) is 0 Å². The summed E-state index contributed by atoms with van der Waals surface area (Å²) in [5.41, 5.74) is 0.200. The van der Waals surface area contributed by atoms with E-state index in [0.29, 0.717) is 37.2 Å². The van der Waals surface area contributed by atoms with Gasteiger partial charge in [-0.1, -0.05) is 40.0 Å². The molecule has 1 atom stereocenters. The number of ketones is 1. The SMILES string of the molecule is CC.CCCC(C(=O)NC=O)n1ncc(OCCCCCCN2CCN(c3ccc(C(C)=O)cn3)CC2)cc1=O. The number of amides is 2. The summed E-state index contributed by atoms with van der Waals surface area (Å²) in [6, 6.07) is 4.26. The standard InChI is InChI=1S/C27H38N6O5.C2H6/c1-3-8-24(27(37)29-20-34)33-26(36)17-23(19-30-33)38-16-7-5-4-6-11-31-12-14-32(15-13-31)25-10-9-22(18-28-25)21(2)35;1-2/h9-10,17-20,24H,3-8,11-16H2,1-2H3,(H,29,34,37);1-2H3. The van der Waals surface area contributed by atoms with Gasteiger partial charge < -0.3 is 9.64 Å². The maximum Gasteiger partial charge on any atom is 0.271 e. The Morgan fingerprint density at radius 2 is 1.80 bits per heavy atom. The van der Waals surface area contributed by atoms with E-state index in [9.17, 15) is 19.2 Å². The van der Waals surface area contributed by atoms with Crippen molar-refractivity contribution in [1.82, 2.24) is 25.0 Å². The summed E-state index contributed by atoms with van der Waals surface area (Å²) in [7, 11) is 0.